The van der Waals surface area contributed by atoms with E-state index in [1.807, 2.05) is 0 Å². The van der Waals surface area contributed by atoms with Gasteiger partial charge in [-0.15, -0.1) is 4.80 Å². The van der Waals surface area contributed by atoms with Crippen molar-refractivity contribution in [2.45, 2.75) is 37.9 Å². The van der Waals surface area contributed by atoms with Crippen LogP contribution in [0.15, 0.2) is 43.0 Å². The Labute approximate surface area is 164 Å². The summed E-state index contributed by atoms with van der Waals surface area (Å²) in [7, 11) is 0. The van der Waals surface area contributed by atoms with E-state index in [2.05, 4.69) is 25.5 Å². The van der Waals surface area contributed by atoms with E-state index in [-0.39, 0.29) is 11.5 Å². The van der Waals surface area contributed by atoms with Gasteiger partial charge < -0.3 is 5.32 Å². The number of hydrogen-bond acceptors (Lipinski definition) is 5. The van der Waals surface area contributed by atoms with Crippen LogP contribution in [-0.2, 0) is 6.18 Å². The van der Waals surface area contributed by atoms with E-state index in [9.17, 15) is 18.0 Å². The zero-order valence-electron chi connectivity index (χ0n) is 15.4. The van der Waals surface area contributed by atoms with E-state index in [0.29, 0.717) is 17.1 Å². The molecule has 2 heterocycles. The lowest BCUT2D eigenvalue weighted by molar-refractivity contribution is -0.137. The highest BCUT2D eigenvalue weighted by Gasteiger charge is 2.34. The van der Waals surface area contributed by atoms with Crippen molar-refractivity contribution in [1.29, 1.82) is 0 Å². The van der Waals surface area contributed by atoms with Gasteiger partial charge in [0.1, 0.15) is 5.69 Å². The SMILES string of the molecule is CC(NC(=O)c1cc(C2CC2)cc(C(F)(F)F)c1)c1nccnc1-n1nccn1. The summed E-state index contributed by atoms with van der Waals surface area (Å²) < 4.78 is 39.8. The summed E-state index contributed by atoms with van der Waals surface area (Å²) in [5.74, 6) is -0.206. The monoisotopic (exact) mass is 402 g/mol. The predicted octanol–water partition coefficient (Wildman–Crippen LogP) is 3.44. The maximum absolute atomic E-state index is 13.3. The quantitative estimate of drug-likeness (QED) is 0.707. The lowest BCUT2D eigenvalue weighted by Gasteiger charge is -2.17. The second-order valence-electron chi connectivity index (χ2n) is 6.89. The number of aromatic nitrogens is 5. The molecular weight excluding hydrogens is 385 g/mol. The van der Waals surface area contributed by atoms with Crippen molar-refractivity contribution in [3.63, 3.8) is 0 Å². The lowest BCUT2D eigenvalue weighted by atomic mass is 10.0. The van der Waals surface area contributed by atoms with E-state index in [0.717, 1.165) is 25.0 Å². The number of nitrogens with zero attached hydrogens (tertiary/aromatic N) is 5. The number of nitrogens with one attached hydrogen (secondary N) is 1. The molecule has 29 heavy (non-hydrogen) atoms. The molecule has 1 amide bonds. The summed E-state index contributed by atoms with van der Waals surface area (Å²) in [6.45, 7) is 1.67. The van der Waals surface area contributed by atoms with Crippen molar-refractivity contribution in [1.82, 2.24) is 30.3 Å². The molecule has 1 aromatic carbocycles. The number of amides is 1. The topological polar surface area (TPSA) is 85.6 Å². The summed E-state index contributed by atoms with van der Waals surface area (Å²) >= 11 is 0. The maximum atomic E-state index is 13.3. The Morgan fingerprint density at radius 2 is 1.79 bits per heavy atom. The summed E-state index contributed by atoms with van der Waals surface area (Å²) in [4.78, 5) is 22.4. The van der Waals surface area contributed by atoms with Crippen LogP contribution in [0.3, 0.4) is 0 Å². The molecule has 0 aliphatic heterocycles. The molecule has 1 fully saturated rings. The van der Waals surface area contributed by atoms with Gasteiger partial charge in [-0.25, -0.2) is 4.98 Å². The van der Waals surface area contributed by atoms with Gasteiger partial charge in [0.05, 0.1) is 24.0 Å². The second kappa shape index (κ2) is 7.26. The Hall–Kier alpha value is -3.30. The Balaban J connectivity index is 1.61. The number of rotatable bonds is 5. The summed E-state index contributed by atoms with van der Waals surface area (Å²) in [5, 5.41) is 10.7. The van der Waals surface area contributed by atoms with E-state index < -0.39 is 23.7 Å². The molecule has 0 radical (unpaired) electrons. The van der Waals surface area contributed by atoms with Gasteiger partial charge in [0.2, 0.25) is 0 Å². The average Bonchev–Trinajstić information content (AvgIpc) is 3.41. The predicted molar refractivity (Wildman–Crippen MR) is 96.2 cm³/mol. The van der Waals surface area contributed by atoms with Crippen LogP contribution in [0.5, 0.6) is 0 Å². The van der Waals surface area contributed by atoms with Gasteiger partial charge in [0.25, 0.3) is 5.91 Å². The third-order valence-electron chi connectivity index (χ3n) is 4.67. The third-order valence-corrected chi connectivity index (χ3v) is 4.67. The first-order chi connectivity index (χ1) is 13.8. The standard InChI is InChI=1S/C19H17F3N6O/c1-11(16-17(24-5-4-23-16)28-25-6-7-26-28)27-18(29)14-8-13(12-2-3-12)9-15(10-14)19(20,21)22/h4-12H,2-3H2,1H3,(H,27,29). The Morgan fingerprint density at radius 1 is 1.10 bits per heavy atom. The molecule has 3 aromatic rings. The minimum Gasteiger partial charge on any atom is -0.344 e. The number of alkyl halides is 3. The maximum Gasteiger partial charge on any atom is 0.416 e. The minimum atomic E-state index is -4.52. The number of carbonyl (C=O) groups is 1. The van der Waals surface area contributed by atoms with Gasteiger partial charge in [-0.2, -0.15) is 23.4 Å². The molecule has 1 unspecified atom stereocenters. The van der Waals surface area contributed by atoms with E-state index in [1.54, 1.807) is 6.92 Å². The molecule has 2 aromatic heterocycles. The highest BCUT2D eigenvalue weighted by Crippen LogP contribution is 2.42. The first kappa shape index (κ1) is 19.0. The lowest BCUT2D eigenvalue weighted by Crippen LogP contribution is -2.29. The molecule has 0 saturated heterocycles. The molecule has 0 bridgehead atoms. The van der Waals surface area contributed by atoms with Crippen molar-refractivity contribution in [3.8, 4) is 5.82 Å². The smallest absolute Gasteiger partial charge is 0.344 e. The molecular formula is C19H17F3N6O. The third kappa shape index (κ3) is 4.10. The van der Waals surface area contributed by atoms with Crippen LogP contribution in [0.1, 0.15) is 58.9 Å². The summed E-state index contributed by atoms with van der Waals surface area (Å²) in [5.41, 5.74) is 0.0851. The number of carbonyl (C=O) groups excluding carboxylic acids is 1. The van der Waals surface area contributed by atoms with Crippen LogP contribution in [0.2, 0.25) is 0 Å². The van der Waals surface area contributed by atoms with Crippen LogP contribution in [-0.4, -0.2) is 30.9 Å². The molecule has 1 aliphatic rings. The van der Waals surface area contributed by atoms with Crippen LogP contribution in [0.4, 0.5) is 13.2 Å². The fraction of sp³-hybridized carbons (Fsp3) is 0.316. The molecule has 1 atom stereocenters. The highest BCUT2D eigenvalue weighted by atomic mass is 19.4. The van der Waals surface area contributed by atoms with Crippen molar-refractivity contribution in [2.75, 3.05) is 0 Å². The van der Waals surface area contributed by atoms with E-state index in [4.69, 9.17) is 0 Å². The fourth-order valence-corrected chi connectivity index (χ4v) is 3.07. The van der Waals surface area contributed by atoms with Crippen LogP contribution in [0.25, 0.3) is 5.82 Å². The first-order valence-electron chi connectivity index (χ1n) is 9.03. The molecule has 1 N–H and O–H groups in total. The number of hydrogen-bond donors (Lipinski definition) is 1. The van der Waals surface area contributed by atoms with Crippen LogP contribution in [0, 0.1) is 0 Å². The normalized spacial score (nSPS) is 15.2. The molecule has 150 valence electrons. The van der Waals surface area contributed by atoms with Gasteiger partial charge in [0.15, 0.2) is 5.82 Å². The largest absolute Gasteiger partial charge is 0.416 e. The number of halogens is 3. The van der Waals surface area contributed by atoms with Gasteiger partial charge >= 0.3 is 6.18 Å². The molecule has 0 spiro atoms. The van der Waals surface area contributed by atoms with Crippen LogP contribution >= 0.6 is 0 Å². The fourth-order valence-electron chi connectivity index (χ4n) is 3.07. The van der Waals surface area contributed by atoms with Gasteiger partial charge in [-0.1, -0.05) is 0 Å². The van der Waals surface area contributed by atoms with E-state index in [1.165, 1.54) is 35.7 Å². The summed E-state index contributed by atoms with van der Waals surface area (Å²) in [6.07, 6.45) is 3.02. The molecule has 1 saturated carbocycles. The van der Waals surface area contributed by atoms with Crippen molar-refractivity contribution >= 4 is 5.91 Å². The Bertz CT molecular complexity index is 1030. The first-order valence-corrected chi connectivity index (χ1v) is 9.03. The zero-order chi connectivity index (χ0) is 20.6. The number of benzene rings is 1. The molecule has 1 aliphatic carbocycles. The second-order valence-corrected chi connectivity index (χ2v) is 6.89. The Kier molecular flexibility index (Phi) is 4.77. The molecule has 7 nitrogen and oxygen atoms in total. The van der Waals surface area contributed by atoms with Gasteiger partial charge in [0, 0.05) is 18.0 Å². The van der Waals surface area contributed by atoms with Crippen LogP contribution < -0.4 is 5.32 Å². The average molecular weight is 402 g/mol. The van der Waals surface area contributed by atoms with Crippen molar-refractivity contribution in [3.05, 3.63) is 65.4 Å². The van der Waals surface area contributed by atoms with Crippen molar-refractivity contribution in [2.24, 2.45) is 0 Å². The van der Waals surface area contributed by atoms with Gasteiger partial charge in [-0.3, -0.25) is 9.78 Å². The summed E-state index contributed by atoms with van der Waals surface area (Å²) in [6, 6.07) is 2.90. The highest BCUT2D eigenvalue weighted by molar-refractivity contribution is 5.95. The van der Waals surface area contributed by atoms with Crippen molar-refractivity contribution < 1.29 is 18.0 Å². The molecule has 4 rings (SSSR count). The Morgan fingerprint density at radius 3 is 2.45 bits per heavy atom. The van der Waals surface area contributed by atoms with Gasteiger partial charge in [-0.05, 0) is 49.4 Å². The molecule has 10 heteroatoms. The minimum absolute atomic E-state index is 0.0313. The zero-order valence-corrected chi connectivity index (χ0v) is 15.4. The van der Waals surface area contributed by atoms with E-state index >= 15 is 0 Å².